The van der Waals surface area contributed by atoms with Gasteiger partial charge < -0.3 is 14.6 Å². The van der Waals surface area contributed by atoms with E-state index >= 15 is 0 Å². The number of pyridine rings is 1. The minimum Gasteiger partial charge on any atom is -0.494 e. The monoisotopic (exact) mass is 273 g/mol. The van der Waals surface area contributed by atoms with Gasteiger partial charge in [-0.15, -0.1) is 0 Å². The Bertz CT molecular complexity index is 538. The van der Waals surface area contributed by atoms with Gasteiger partial charge in [0.1, 0.15) is 11.5 Å². The molecule has 4 heteroatoms. The lowest BCUT2D eigenvalue weighted by Gasteiger charge is -2.12. The summed E-state index contributed by atoms with van der Waals surface area (Å²) in [4.78, 5) is 4.15. The first kappa shape index (κ1) is 14.3. The maximum atomic E-state index is 9.68. The second-order valence-corrected chi connectivity index (χ2v) is 4.50. The lowest BCUT2D eigenvalue weighted by Crippen LogP contribution is -1.98. The predicted octanol–water partition coefficient (Wildman–Crippen LogP) is 3.72. The van der Waals surface area contributed by atoms with Gasteiger partial charge in [-0.25, -0.2) is 4.98 Å². The highest BCUT2D eigenvalue weighted by Crippen LogP contribution is 2.28. The molecule has 1 heterocycles. The van der Waals surface area contributed by atoms with E-state index in [1.807, 2.05) is 24.3 Å². The van der Waals surface area contributed by atoms with Gasteiger partial charge in [-0.1, -0.05) is 6.92 Å². The summed E-state index contributed by atoms with van der Waals surface area (Å²) in [6.07, 6.45) is 2.00. The van der Waals surface area contributed by atoms with Crippen molar-refractivity contribution in [1.29, 1.82) is 0 Å². The molecule has 106 valence electrons. The van der Waals surface area contributed by atoms with Gasteiger partial charge in [-0.3, -0.25) is 0 Å². The van der Waals surface area contributed by atoms with Crippen LogP contribution < -0.4 is 9.47 Å². The standard InChI is InChI=1S/C16H19NO3/c1-3-11-19-13-6-8-14(9-7-13)20-16-15(12(2)18)5-4-10-17-16/h4-10,12,18H,3,11H2,1-2H3. The minimum absolute atomic E-state index is 0.421. The number of aliphatic hydroxyl groups is 1. The molecule has 0 aliphatic rings. The molecule has 0 radical (unpaired) electrons. The van der Waals surface area contributed by atoms with Crippen LogP contribution in [0.5, 0.6) is 17.4 Å². The number of nitrogens with zero attached hydrogens (tertiary/aromatic N) is 1. The summed E-state index contributed by atoms with van der Waals surface area (Å²) >= 11 is 0. The molecule has 1 atom stereocenters. The van der Waals surface area contributed by atoms with Gasteiger partial charge in [-0.05, 0) is 49.7 Å². The topological polar surface area (TPSA) is 51.6 Å². The third kappa shape index (κ3) is 3.71. The number of hydrogen-bond acceptors (Lipinski definition) is 4. The van der Waals surface area contributed by atoms with Crippen molar-refractivity contribution >= 4 is 0 Å². The Morgan fingerprint density at radius 2 is 1.85 bits per heavy atom. The fourth-order valence-electron chi connectivity index (χ4n) is 1.74. The predicted molar refractivity (Wildman–Crippen MR) is 77.2 cm³/mol. The van der Waals surface area contributed by atoms with E-state index in [2.05, 4.69) is 11.9 Å². The summed E-state index contributed by atoms with van der Waals surface area (Å²) in [7, 11) is 0. The van der Waals surface area contributed by atoms with Crippen LogP contribution in [0.15, 0.2) is 42.6 Å². The molecule has 4 nitrogen and oxygen atoms in total. The third-order valence-electron chi connectivity index (χ3n) is 2.76. The Morgan fingerprint density at radius 3 is 2.50 bits per heavy atom. The van der Waals surface area contributed by atoms with Crippen molar-refractivity contribution in [2.45, 2.75) is 26.4 Å². The minimum atomic E-state index is -0.620. The number of hydrogen-bond donors (Lipinski definition) is 1. The lowest BCUT2D eigenvalue weighted by molar-refractivity contribution is 0.194. The van der Waals surface area contributed by atoms with Crippen molar-refractivity contribution in [3.63, 3.8) is 0 Å². The summed E-state index contributed by atoms with van der Waals surface area (Å²) in [5.41, 5.74) is 0.666. The molecule has 1 unspecified atom stereocenters. The van der Waals surface area contributed by atoms with Crippen LogP contribution >= 0.6 is 0 Å². The molecule has 0 aliphatic carbocycles. The van der Waals surface area contributed by atoms with Crippen LogP contribution in [0.4, 0.5) is 0 Å². The highest BCUT2D eigenvalue weighted by atomic mass is 16.5. The average molecular weight is 273 g/mol. The van der Waals surface area contributed by atoms with Crippen LogP contribution in [0.2, 0.25) is 0 Å². The molecule has 0 aliphatic heterocycles. The second-order valence-electron chi connectivity index (χ2n) is 4.50. The van der Waals surface area contributed by atoms with Gasteiger partial charge in [0, 0.05) is 11.8 Å². The Hall–Kier alpha value is -2.07. The van der Waals surface area contributed by atoms with Gasteiger partial charge in [0.2, 0.25) is 5.88 Å². The zero-order valence-corrected chi connectivity index (χ0v) is 11.7. The van der Waals surface area contributed by atoms with Crippen molar-refractivity contribution in [1.82, 2.24) is 4.98 Å². The zero-order chi connectivity index (χ0) is 14.4. The van der Waals surface area contributed by atoms with Gasteiger partial charge in [-0.2, -0.15) is 0 Å². The molecule has 2 aromatic rings. The molecule has 0 saturated heterocycles. The lowest BCUT2D eigenvalue weighted by atomic mass is 10.2. The first-order valence-electron chi connectivity index (χ1n) is 6.74. The summed E-state index contributed by atoms with van der Waals surface area (Å²) in [5, 5.41) is 9.68. The van der Waals surface area contributed by atoms with Crippen LogP contribution in [0.3, 0.4) is 0 Å². The van der Waals surface area contributed by atoms with Crippen molar-refractivity contribution < 1.29 is 14.6 Å². The average Bonchev–Trinajstić information content (AvgIpc) is 2.47. The van der Waals surface area contributed by atoms with Crippen LogP contribution in [0, 0.1) is 0 Å². The largest absolute Gasteiger partial charge is 0.494 e. The molecule has 0 amide bonds. The summed E-state index contributed by atoms with van der Waals surface area (Å²) in [6, 6.07) is 10.9. The van der Waals surface area contributed by atoms with E-state index in [0.29, 0.717) is 23.8 Å². The second kappa shape index (κ2) is 6.91. The molecule has 1 N–H and O–H groups in total. The van der Waals surface area contributed by atoms with E-state index in [0.717, 1.165) is 12.2 Å². The zero-order valence-electron chi connectivity index (χ0n) is 11.7. The SMILES string of the molecule is CCCOc1ccc(Oc2ncccc2C(C)O)cc1. The fraction of sp³-hybridized carbons (Fsp3) is 0.312. The molecule has 1 aromatic carbocycles. The number of aromatic nitrogens is 1. The maximum absolute atomic E-state index is 9.68. The Kier molecular flexibility index (Phi) is 4.96. The third-order valence-corrected chi connectivity index (χ3v) is 2.76. The number of aliphatic hydroxyl groups excluding tert-OH is 1. The van der Waals surface area contributed by atoms with E-state index in [9.17, 15) is 5.11 Å². The molecule has 0 fully saturated rings. The van der Waals surface area contributed by atoms with Crippen LogP contribution in [0.25, 0.3) is 0 Å². The number of rotatable bonds is 6. The van der Waals surface area contributed by atoms with Crippen LogP contribution in [0.1, 0.15) is 31.9 Å². The van der Waals surface area contributed by atoms with Crippen molar-refractivity contribution in [2.75, 3.05) is 6.61 Å². The smallest absolute Gasteiger partial charge is 0.225 e. The fourth-order valence-corrected chi connectivity index (χ4v) is 1.74. The van der Waals surface area contributed by atoms with Crippen molar-refractivity contribution in [3.05, 3.63) is 48.2 Å². The van der Waals surface area contributed by atoms with Crippen LogP contribution in [-0.2, 0) is 0 Å². The van der Waals surface area contributed by atoms with E-state index in [1.54, 1.807) is 25.3 Å². The molecule has 1 aromatic heterocycles. The molecule has 0 bridgehead atoms. The molecular formula is C16H19NO3. The van der Waals surface area contributed by atoms with E-state index in [4.69, 9.17) is 9.47 Å². The Labute approximate surface area is 119 Å². The van der Waals surface area contributed by atoms with E-state index in [1.165, 1.54) is 0 Å². The first-order chi connectivity index (χ1) is 9.70. The van der Waals surface area contributed by atoms with E-state index in [-0.39, 0.29) is 0 Å². The molecule has 2 rings (SSSR count). The van der Waals surface area contributed by atoms with Crippen molar-refractivity contribution in [3.8, 4) is 17.4 Å². The molecular weight excluding hydrogens is 254 g/mol. The summed E-state index contributed by atoms with van der Waals surface area (Å²) in [6.45, 7) is 4.45. The van der Waals surface area contributed by atoms with Crippen molar-refractivity contribution in [2.24, 2.45) is 0 Å². The quantitative estimate of drug-likeness (QED) is 0.871. The Morgan fingerprint density at radius 1 is 1.15 bits per heavy atom. The summed E-state index contributed by atoms with van der Waals surface area (Å²) in [5.74, 6) is 1.90. The first-order valence-corrected chi connectivity index (χ1v) is 6.74. The van der Waals surface area contributed by atoms with Gasteiger partial charge in [0.25, 0.3) is 0 Å². The summed E-state index contributed by atoms with van der Waals surface area (Å²) < 4.78 is 11.2. The Balaban J connectivity index is 2.10. The molecule has 0 spiro atoms. The van der Waals surface area contributed by atoms with Gasteiger partial charge in [0.15, 0.2) is 0 Å². The number of benzene rings is 1. The number of ether oxygens (including phenoxy) is 2. The highest BCUT2D eigenvalue weighted by Gasteiger charge is 2.10. The van der Waals surface area contributed by atoms with Crippen LogP contribution in [-0.4, -0.2) is 16.7 Å². The van der Waals surface area contributed by atoms with Gasteiger partial charge in [0.05, 0.1) is 12.7 Å². The maximum Gasteiger partial charge on any atom is 0.225 e. The van der Waals surface area contributed by atoms with E-state index < -0.39 is 6.10 Å². The van der Waals surface area contributed by atoms with Gasteiger partial charge >= 0.3 is 0 Å². The normalized spacial score (nSPS) is 11.9. The molecule has 20 heavy (non-hydrogen) atoms. The molecule has 0 saturated carbocycles. The highest BCUT2D eigenvalue weighted by molar-refractivity contribution is 5.36.